The Kier molecular flexibility index (Phi) is 5.27. The number of fused-ring (bicyclic) bond motifs is 4. The Hall–Kier alpha value is -5.66. The minimum atomic E-state index is 0.899. The topological polar surface area (TPSA) is 9.23 Å². The number of ether oxygens (including phenoxy) is 1. The van der Waals surface area contributed by atoms with Crippen molar-refractivity contribution in [2.45, 2.75) is 0 Å². The van der Waals surface area contributed by atoms with Crippen molar-refractivity contribution in [1.29, 1.82) is 0 Å². The zero-order valence-corrected chi connectivity index (χ0v) is 23.4. The molecule has 200 valence electrons. The molecule has 0 aliphatic carbocycles. The van der Waals surface area contributed by atoms with Crippen molar-refractivity contribution in [3.8, 4) is 56.0 Å². The lowest BCUT2D eigenvalue weighted by atomic mass is 9.83. The zero-order valence-electron chi connectivity index (χ0n) is 23.4. The number of hydrogen-bond acceptors (Lipinski definition) is 1. The molecule has 0 unspecified atom stereocenters. The molecule has 43 heavy (non-hydrogen) atoms. The monoisotopic (exact) mass is 546 g/mol. The molecule has 0 saturated heterocycles. The van der Waals surface area contributed by atoms with Gasteiger partial charge in [0, 0.05) is 10.9 Å². The molecule has 0 fully saturated rings. The van der Waals surface area contributed by atoms with Gasteiger partial charge in [0.2, 0.25) is 0 Å². The summed E-state index contributed by atoms with van der Waals surface area (Å²) in [6.45, 7) is 0. The summed E-state index contributed by atoms with van der Waals surface area (Å²) >= 11 is 0. The van der Waals surface area contributed by atoms with Gasteiger partial charge in [0.05, 0.1) is 0 Å². The molecule has 1 aliphatic heterocycles. The Morgan fingerprint density at radius 2 is 0.860 bits per heavy atom. The van der Waals surface area contributed by atoms with Gasteiger partial charge in [-0.15, -0.1) is 0 Å². The molecule has 1 heteroatoms. The van der Waals surface area contributed by atoms with E-state index in [9.17, 15) is 0 Å². The minimum Gasteiger partial charge on any atom is -0.456 e. The highest BCUT2D eigenvalue weighted by Gasteiger charge is 2.24. The van der Waals surface area contributed by atoms with Crippen LogP contribution in [0.2, 0.25) is 0 Å². The van der Waals surface area contributed by atoms with Crippen LogP contribution in [0.15, 0.2) is 158 Å². The Balaban J connectivity index is 1.35. The van der Waals surface area contributed by atoms with E-state index in [4.69, 9.17) is 4.74 Å². The molecule has 1 aliphatic rings. The van der Waals surface area contributed by atoms with Crippen LogP contribution in [0, 0.1) is 0 Å². The van der Waals surface area contributed by atoms with E-state index in [2.05, 4.69) is 158 Å². The second-order valence-electron chi connectivity index (χ2n) is 11.2. The molecule has 0 amide bonds. The first-order chi connectivity index (χ1) is 21.3. The van der Waals surface area contributed by atoms with Gasteiger partial charge >= 0.3 is 0 Å². The standard InChI is InChI=1S/C42H26O/c1-3-12-27(13-4-1)29-22-25-38-37(26-29)36-24-23-35(34-20-11-21-39(43-38)42(34)36)41-32-18-9-7-16-30(32)40(28-14-5-2-6-15-28)31-17-8-10-19-33(31)41/h1-26H. The average Bonchev–Trinajstić information content (AvgIpc) is 3.08. The van der Waals surface area contributed by atoms with Crippen LogP contribution in [0.25, 0.3) is 76.8 Å². The summed E-state index contributed by atoms with van der Waals surface area (Å²) < 4.78 is 6.58. The van der Waals surface area contributed by atoms with Crippen LogP contribution in [0.1, 0.15) is 0 Å². The van der Waals surface area contributed by atoms with Crippen LogP contribution in [0.4, 0.5) is 0 Å². The van der Waals surface area contributed by atoms with E-state index in [1.165, 1.54) is 65.9 Å². The molecule has 0 aromatic heterocycles. The third kappa shape index (κ3) is 3.65. The maximum atomic E-state index is 6.58. The first-order valence-corrected chi connectivity index (χ1v) is 14.8. The fourth-order valence-corrected chi connectivity index (χ4v) is 6.99. The molecule has 1 nitrogen and oxygen atoms in total. The van der Waals surface area contributed by atoms with E-state index in [0.717, 1.165) is 22.4 Å². The van der Waals surface area contributed by atoms with Crippen LogP contribution < -0.4 is 4.74 Å². The van der Waals surface area contributed by atoms with Gasteiger partial charge in [-0.3, -0.25) is 0 Å². The van der Waals surface area contributed by atoms with E-state index in [-0.39, 0.29) is 0 Å². The van der Waals surface area contributed by atoms with Crippen molar-refractivity contribution in [2.24, 2.45) is 0 Å². The van der Waals surface area contributed by atoms with Gasteiger partial charge in [-0.05, 0) is 84.1 Å². The fourth-order valence-electron chi connectivity index (χ4n) is 6.99. The molecule has 9 rings (SSSR count). The predicted molar refractivity (Wildman–Crippen MR) is 181 cm³/mol. The van der Waals surface area contributed by atoms with Gasteiger partial charge in [-0.2, -0.15) is 0 Å². The predicted octanol–water partition coefficient (Wildman–Crippen LogP) is 11.9. The second-order valence-corrected chi connectivity index (χ2v) is 11.2. The van der Waals surface area contributed by atoms with Crippen molar-refractivity contribution in [2.75, 3.05) is 0 Å². The fraction of sp³-hybridized carbons (Fsp3) is 0. The van der Waals surface area contributed by atoms with Gasteiger partial charge in [0.25, 0.3) is 0 Å². The van der Waals surface area contributed by atoms with Gasteiger partial charge in [0.15, 0.2) is 0 Å². The maximum absolute atomic E-state index is 6.58. The number of hydrogen-bond donors (Lipinski definition) is 0. The van der Waals surface area contributed by atoms with Crippen LogP contribution in [-0.2, 0) is 0 Å². The van der Waals surface area contributed by atoms with Gasteiger partial charge in [-0.1, -0.05) is 140 Å². The molecule has 0 bridgehead atoms. The summed E-state index contributed by atoms with van der Waals surface area (Å²) in [5.41, 5.74) is 9.73. The van der Waals surface area contributed by atoms with Crippen molar-refractivity contribution in [1.82, 2.24) is 0 Å². The third-order valence-electron chi connectivity index (χ3n) is 8.86. The van der Waals surface area contributed by atoms with Gasteiger partial charge in [-0.25, -0.2) is 0 Å². The molecular formula is C42H26O. The van der Waals surface area contributed by atoms with E-state index in [1.54, 1.807) is 0 Å². The van der Waals surface area contributed by atoms with E-state index in [0.29, 0.717) is 0 Å². The summed E-state index contributed by atoms with van der Waals surface area (Å²) in [7, 11) is 0. The second kappa shape index (κ2) is 9.44. The summed E-state index contributed by atoms with van der Waals surface area (Å²) in [6.07, 6.45) is 0. The smallest absolute Gasteiger partial charge is 0.135 e. The lowest BCUT2D eigenvalue weighted by Gasteiger charge is -2.24. The number of rotatable bonds is 3. The van der Waals surface area contributed by atoms with E-state index >= 15 is 0 Å². The highest BCUT2D eigenvalue weighted by Crippen LogP contribution is 2.51. The third-order valence-corrected chi connectivity index (χ3v) is 8.86. The molecule has 0 spiro atoms. The highest BCUT2D eigenvalue weighted by atomic mass is 16.5. The zero-order chi connectivity index (χ0) is 28.3. The Bertz CT molecular complexity index is 2290. The Labute approximate surface area is 250 Å². The quantitative estimate of drug-likeness (QED) is 0.200. The van der Waals surface area contributed by atoms with Crippen LogP contribution in [-0.4, -0.2) is 0 Å². The molecule has 8 aromatic rings. The average molecular weight is 547 g/mol. The molecule has 0 N–H and O–H groups in total. The molecule has 0 saturated carbocycles. The maximum Gasteiger partial charge on any atom is 0.135 e. The van der Waals surface area contributed by atoms with Crippen molar-refractivity contribution >= 4 is 32.3 Å². The SMILES string of the molecule is c1ccc(-c2ccc3c(c2)-c2ccc(-c4c5ccccc5c(-c5ccccc5)c5ccccc45)c4cccc(c24)O3)cc1. The van der Waals surface area contributed by atoms with E-state index in [1.807, 2.05) is 0 Å². The number of benzene rings is 8. The van der Waals surface area contributed by atoms with Crippen LogP contribution in [0.3, 0.4) is 0 Å². The van der Waals surface area contributed by atoms with Gasteiger partial charge < -0.3 is 4.74 Å². The van der Waals surface area contributed by atoms with Crippen molar-refractivity contribution < 1.29 is 4.74 Å². The molecule has 0 atom stereocenters. The Morgan fingerprint density at radius 1 is 0.302 bits per heavy atom. The largest absolute Gasteiger partial charge is 0.456 e. The molecule has 8 aromatic carbocycles. The molecule has 1 heterocycles. The summed E-state index contributed by atoms with van der Waals surface area (Å²) in [4.78, 5) is 0. The van der Waals surface area contributed by atoms with Gasteiger partial charge in [0.1, 0.15) is 11.5 Å². The lowest BCUT2D eigenvalue weighted by Crippen LogP contribution is -1.99. The highest BCUT2D eigenvalue weighted by molar-refractivity contribution is 6.24. The first-order valence-electron chi connectivity index (χ1n) is 14.8. The van der Waals surface area contributed by atoms with Crippen LogP contribution >= 0.6 is 0 Å². The molecule has 0 radical (unpaired) electrons. The summed E-state index contributed by atoms with van der Waals surface area (Å²) in [5.74, 6) is 1.80. The van der Waals surface area contributed by atoms with Crippen LogP contribution in [0.5, 0.6) is 11.5 Å². The normalized spacial score (nSPS) is 11.9. The lowest BCUT2D eigenvalue weighted by molar-refractivity contribution is 0.487. The molecular weight excluding hydrogens is 520 g/mol. The Morgan fingerprint density at radius 3 is 1.53 bits per heavy atom. The minimum absolute atomic E-state index is 0.899. The van der Waals surface area contributed by atoms with Crippen molar-refractivity contribution in [3.63, 3.8) is 0 Å². The van der Waals surface area contributed by atoms with E-state index < -0.39 is 0 Å². The summed E-state index contributed by atoms with van der Waals surface area (Å²) in [5, 5.41) is 7.40. The van der Waals surface area contributed by atoms with Crippen molar-refractivity contribution in [3.05, 3.63) is 158 Å². The first kappa shape index (κ1) is 24.0. The summed E-state index contributed by atoms with van der Waals surface area (Å²) in [6, 6.07) is 56.7.